The summed E-state index contributed by atoms with van der Waals surface area (Å²) in [6.07, 6.45) is 2.78. The zero-order valence-electron chi connectivity index (χ0n) is 16.0. The van der Waals surface area contributed by atoms with Crippen molar-refractivity contribution in [1.82, 2.24) is 24.3 Å². The predicted molar refractivity (Wildman–Crippen MR) is 113 cm³/mol. The Labute approximate surface area is 172 Å². The maximum Gasteiger partial charge on any atom is 0.255 e. The number of rotatable bonds is 3. The summed E-state index contributed by atoms with van der Waals surface area (Å²) in [5, 5.41) is 0.660. The molecule has 0 saturated carbocycles. The monoisotopic (exact) mass is 405 g/mol. The fraction of sp³-hybridized carbons (Fsp3) is 0.227. The van der Waals surface area contributed by atoms with Gasteiger partial charge in [-0.2, -0.15) is 0 Å². The maximum atomic E-state index is 12.8. The van der Waals surface area contributed by atoms with Crippen LogP contribution in [0.3, 0.4) is 0 Å². The smallest absolute Gasteiger partial charge is 0.255 e. The lowest BCUT2D eigenvalue weighted by Crippen LogP contribution is -2.35. The quantitative estimate of drug-likeness (QED) is 0.565. The molecule has 1 N–H and O–H groups in total. The van der Waals surface area contributed by atoms with Gasteiger partial charge >= 0.3 is 0 Å². The molecule has 6 nitrogen and oxygen atoms in total. The molecule has 0 amide bonds. The molecule has 0 fully saturated rings. The molecule has 3 aromatic heterocycles. The van der Waals surface area contributed by atoms with E-state index in [9.17, 15) is 4.79 Å². The summed E-state index contributed by atoms with van der Waals surface area (Å²) in [7, 11) is 0. The summed E-state index contributed by atoms with van der Waals surface area (Å²) >= 11 is 5.96. The van der Waals surface area contributed by atoms with Gasteiger partial charge in [0.05, 0.1) is 22.6 Å². The molecule has 0 radical (unpaired) electrons. The average molecular weight is 406 g/mol. The number of hydrogen-bond acceptors (Lipinski definition) is 4. The third kappa shape index (κ3) is 3.34. The zero-order valence-corrected chi connectivity index (χ0v) is 16.8. The van der Waals surface area contributed by atoms with Crippen molar-refractivity contribution in [2.24, 2.45) is 0 Å². The summed E-state index contributed by atoms with van der Waals surface area (Å²) in [5.74, 6) is 0.594. The number of H-pyrrole nitrogens is 1. The molecule has 4 aromatic rings. The summed E-state index contributed by atoms with van der Waals surface area (Å²) < 4.78 is 2.12. The Morgan fingerprint density at radius 3 is 2.79 bits per heavy atom. The van der Waals surface area contributed by atoms with Gasteiger partial charge in [-0.25, -0.2) is 9.97 Å². The van der Waals surface area contributed by atoms with Crippen molar-refractivity contribution >= 4 is 17.2 Å². The van der Waals surface area contributed by atoms with E-state index in [1.165, 1.54) is 0 Å². The Morgan fingerprint density at radius 2 is 1.97 bits per heavy atom. The molecular formula is C22H20ClN5O. The molecule has 0 spiro atoms. The molecule has 5 rings (SSSR count). The van der Waals surface area contributed by atoms with Crippen molar-refractivity contribution in [3.63, 3.8) is 0 Å². The van der Waals surface area contributed by atoms with E-state index in [1.807, 2.05) is 43.5 Å². The number of benzene rings is 1. The number of aromatic amines is 1. The minimum atomic E-state index is -0.0699. The van der Waals surface area contributed by atoms with Crippen LogP contribution in [0, 0.1) is 6.92 Å². The Balaban J connectivity index is 1.43. The summed E-state index contributed by atoms with van der Waals surface area (Å²) in [5.41, 5.74) is 5.55. The number of hydrogen-bond donors (Lipinski definition) is 1. The van der Waals surface area contributed by atoms with Crippen LogP contribution in [0.15, 0.2) is 53.5 Å². The lowest BCUT2D eigenvalue weighted by atomic mass is 10.1. The normalized spacial score (nSPS) is 14.3. The van der Waals surface area contributed by atoms with Crippen molar-refractivity contribution in [3.05, 3.63) is 86.7 Å². The van der Waals surface area contributed by atoms with E-state index in [1.54, 1.807) is 12.1 Å². The van der Waals surface area contributed by atoms with Gasteiger partial charge in [-0.3, -0.25) is 9.69 Å². The minimum Gasteiger partial charge on any atom is -0.306 e. The molecule has 0 aliphatic carbocycles. The van der Waals surface area contributed by atoms with E-state index >= 15 is 0 Å². The van der Waals surface area contributed by atoms with Crippen LogP contribution in [-0.4, -0.2) is 30.8 Å². The summed E-state index contributed by atoms with van der Waals surface area (Å²) in [6, 6.07) is 13.4. The van der Waals surface area contributed by atoms with Crippen LogP contribution in [0.25, 0.3) is 17.0 Å². The highest BCUT2D eigenvalue weighted by molar-refractivity contribution is 6.30. The van der Waals surface area contributed by atoms with Crippen molar-refractivity contribution in [2.45, 2.75) is 26.4 Å². The first-order chi connectivity index (χ1) is 14.1. The fourth-order valence-electron chi connectivity index (χ4n) is 3.93. The fourth-order valence-corrected chi connectivity index (χ4v) is 4.05. The standard InChI is InChI=1S/C22H20ClN5O/c1-14-19(28-10-3-2-4-20(28)24-14)13-27-11-9-18-17(12-27)22(29)26-21(25-18)15-5-7-16(23)8-6-15/h2-8,10H,9,11-13H2,1H3,(H,25,26,29). The molecule has 0 saturated heterocycles. The molecule has 29 heavy (non-hydrogen) atoms. The molecule has 146 valence electrons. The predicted octanol–water partition coefficient (Wildman–Crippen LogP) is 3.60. The molecular weight excluding hydrogens is 386 g/mol. The maximum absolute atomic E-state index is 12.8. The van der Waals surface area contributed by atoms with Crippen LogP contribution < -0.4 is 5.56 Å². The Bertz CT molecular complexity index is 1260. The van der Waals surface area contributed by atoms with Gasteiger partial charge in [0.25, 0.3) is 5.56 Å². The Morgan fingerprint density at radius 1 is 1.14 bits per heavy atom. The largest absolute Gasteiger partial charge is 0.306 e. The van der Waals surface area contributed by atoms with Crippen LogP contribution in [0.1, 0.15) is 22.6 Å². The number of imidazole rings is 1. The number of nitrogens with zero attached hydrogens (tertiary/aromatic N) is 4. The van der Waals surface area contributed by atoms with E-state index in [2.05, 4.69) is 19.3 Å². The number of fused-ring (bicyclic) bond motifs is 2. The number of halogens is 1. The second-order valence-electron chi connectivity index (χ2n) is 7.38. The third-order valence-electron chi connectivity index (χ3n) is 5.47. The molecule has 1 aliphatic rings. The van der Waals surface area contributed by atoms with Crippen LogP contribution in [0.4, 0.5) is 0 Å². The van der Waals surface area contributed by atoms with Gasteiger partial charge in [0, 0.05) is 42.8 Å². The number of aryl methyl sites for hydroxylation is 1. The van der Waals surface area contributed by atoms with Gasteiger partial charge in [0.15, 0.2) is 0 Å². The first-order valence-corrected chi connectivity index (χ1v) is 9.99. The molecule has 1 aromatic carbocycles. The van der Waals surface area contributed by atoms with Crippen LogP contribution >= 0.6 is 11.6 Å². The SMILES string of the molecule is Cc1nc2ccccn2c1CN1CCc2nc(-c3ccc(Cl)cc3)[nH]c(=O)c2C1. The van der Waals surface area contributed by atoms with Crippen LogP contribution in [0.2, 0.25) is 5.02 Å². The summed E-state index contributed by atoms with van der Waals surface area (Å²) in [4.78, 5) is 27.4. The summed E-state index contributed by atoms with van der Waals surface area (Å²) in [6.45, 7) is 4.21. The molecule has 7 heteroatoms. The minimum absolute atomic E-state index is 0.0699. The molecule has 1 aliphatic heterocycles. The average Bonchev–Trinajstić information content (AvgIpc) is 3.04. The van der Waals surface area contributed by atoms with E-state index < -0.39 is 0 Å². The van der Waals surface area contributed by atoms with Crippen molar-refractivity contribution in [3.8, 4) is 11.4 Å². The zero-order chi connectivity index (χ0) is 20.0. The van der Waals surface area contributed by atoms with Gasteiger partial charge < -0.3 is 9.38 Å². The molecule has 0 bridgehead atoms. The molecule has 0 atom stereocenters. The van der Waals surface area contributed by atoms with E-state index in [4.69, 9.17) is 16.6 Å². The van der Waals surface area contributed by atoms with E-state index in [0.29, 0.717) is 17.4 Å². The second kappa shape index (κ2) is 7.13. The number of pyridine rings is 1. The first-order valence-electron chi connectivity index (χ1n) is 9.61. The number of aromatic nitrogens is 4. The van der Waals surface area contributed by atoms with Crippen molar-refractivity contribution in [2.75, 3.05) is 6.54 Å². The van der Waals surface area contributed by atoms with E-state index in [0.717, 1.165) is 53.4 Å². The lowest BCUT2D eigenvalue weighted by Gasteiger charge is -2.27. The van der Waals surface area contributed by atoms with Gasteiger partial charge in [-0.1, -0.05) is 17.7 Å². The first kappa shape index (κ1) is 18.1. The molecule has 4 heterocycles. The van der Waals surface area contributed by atoms with Crippen LogP contribution in [0.5, 0.6) is 0 Å². The Hall–Kier alpha value is -2.96. The highest BCUT2D eigenvalue weighted by atomic mass is 35.5. The van der Waals surface area contributed by atoms with Crippen molar-refractivity contribution in [1.29, 1.82) is 0 Å². The lowest BCUT2D eigenvalue weighted by molar-refractivity contribution is 0.238. The van der Waals surface area contributed by atoms with Crippen molar-refractivity contribution < 1.29 is 0 Å². The van der Waals surface area contributed by atoms with Gasteiger partial charge in [0.2, 0.25) is 0 Å². The van der Waals surface area contributed by atoms with Gasteiger partial charge in [-0.05, 0) is 43.3 Å². The Kier molecular flexibility index (Phi) is 4.45. The topological polar surface area (TPSA) is 66.3 Å². The number of nitrogens with one attached hydrogen (secondary N) is 1. The van der Waals surface area contributed by atoms with Crippen LogP contribution in [-0.2, 0) is 19.5 Å². The van der Waals surface area contributed by atoms with Gasteiger partial charge in [-0.15, -0.1) is 0 Å². The van der Waals surface area contributed by atoms with Gasteiger partial charge in [0.1, 0.15) is 11.5 Å². The third-order valence-corrected chi connectivity index (χ3v) is 5.72. The highest BCUT2D eigenvalue weighted by Gasteiger charge is 2.23. The molecule has 0 unspecified atom stereocenters. The highest BCUT2D eigenvalue weighted by Crippen LogP contribution is 2.22. The second-order valence-corrected chi connectivity index (χ2v) is 7.82. The van der Waals surface area contributed by atoms with E-state index in [-0.39, 0.29) is 5.56 Å².